The number of piperidine rings is 1. The lowest BCUT2D eigenvalue weighted by Gasteiger charge is -2.32. The monoisotopic (exact) mass is 381 g/mol. The van der Waals surface area contributed by atoms with Gasteiger partial charge in [0, 0.05) is 24.5 Å². The maximum atomic E-state index is 12.3. The van der Waals surface area contributed by atoms with E-state index in [4.69, 9.17) is 4.74 Å². The largest absolute Gasteiger partial charge is 0.495 e. The van der Waals surface area contributed by atoms with Gasteiger partial charge in [0.05, 0.1) is 12.8 Å². The van der Waals surface area contributed by atoms with Crippen molar-refractivity contribution in [1.82, 2.24) is 0 Å². The van der Waals surface area contributed by atoms with Crippen molar-refractivity contribution in [2.24, 2.45) is 5.92 Å². The van der Waals surface area contributed by atoms with Gasteiger partial charge in [-0.1, -0.05) is 13.0 Å². The number of carbonyl (C=O) groups is 2. The lowest BCUT2D eigenvalue weighted by Crippen LogP contribution is -2.32. The molecule has 6 heteroatoms. The van der Waals surface area contributed by atoms with E-state index in [0.29, 0.717) is 17.1 Å². The first-order valence-electron chi connectivity index (χ1n) is 9.58. The van der Waals surface area contributed by atoms with Gasteiger partial charge in [-0.05, 0) is 67.6 Å². The van der Waals surface area contributed by atoms with E-state index < -0.39 is 11.8 Å². The number of hydrogen-bond donors (Lipinski definition) is 2. The second kappa shape index (κ2) is 8.78. The van der Waals surface area contributed by atoms with Crippen LogP contribution in [0.2, 0.25) is 0 Å². The van der Waals surface area contributed by atoms with Gasteiger partial charge < -0.3 is 20.3 Å². The Morgan fingerprint density at radius 1 is 1.00 bits per heavy atom. The van der Waals surface area contributed by atoms with E-state index in [-0.39, 0.29) is 0 Å². The van der Waals surface area contributed by atoms with Gasteiger partial charge >= 0.3 is 11.8 Å². The van der Waals surface area contributed by atoms with Crippen LogP contribution in [0.1, 0.15) is 25.3 Å². The average Bonchev–Trinajstić information content (AvgIpc) is 2.69. The predicted molar refractivity (Wildman–Crippen MR) is 112 cm³/mol. The first-order valence-corrected chi connectivity index (χ1v) is 9.58. The van der Waals surface area contributed by atoms with Gasteiger partial charge in [-0.3, -0.25) is 9.59 Å². The fourth-order valence-corrected chi connectivity index (χ4v) is 3.31. The fraction of sp³-hybridized carbons (Fsp3) is 0.364. The van der Waals surface area contributed by atoms with Crippen molar-refractivity contribution < 1.29 is 14.3 Å². The van der Waals surface area contributed by atoms with Crippen molar-refractivity contribution in [2.45, 2.75) is 26.7 Å². The molecule has 2 aromatic carbocycles. The summed E-state index contributed by atoms with van der Waals surface area (Å²) in [6, 6.07) is 13.0. The summed E-state index contributed by atoms with van der Waals surface area (Å²) in [5.41, 5.74) is 3.15. The van der Waals surface area contributed by atoms with Crippen molar-refractivity contribution in [2.75, 3.05) is 35.7 Å². The Morgan fingerprint density at radius 3 is 2.29 bits per heavy atom. The maximum Gasteiger partial charge on any atom is 0.314 e. The van der Waals surface area contributed by atoms with Gasteiger partial charge in [-0.2, -0.15) is 0 Å². The van der Waals surface area contributed by atoms with Gasteiger partial charge in [0.2, 0.25) is 0 Å². The molecule has 1 aliphatic rings. The van der Waals surface area contributed by atoms with Gasteiger partial charge in [0.1, 0.15) is 5.75 Å². The number of methoxy groups -OCH3 is 1. The highest BCUT2D eigenvalue weighted by Crippen LogP contribution is 2.26. The standard InChI is InChI=1S/C22H27N3O3/c1-15-10-12-25(13-11-15)18-7-5-17(6-8-18)23-21(26)22(27)24-19-14-16(2)4-9-20(19)28-3/h4-9,14-15H,10-13H2,1-3H3,(H,23,26)(H,24,27). The number of rotatable bonds is 4. The minimum Gasteiger partial charge on any atom is -0.495 e. The Hall–Kier alpha value is -3.02. The molecule has 0 radical (unpaired) electrons. The zero-order chi connectivity index (χ0) is 20.1. The Labute approximate surface area is 165 Å². The number of hydrogen-bond acceptors (Lipinski definition) is 4. The summed E-state index contributed by atoms with van der Waals surface area (Å²) in [6.45, 7) is 6.29. The smallest absolute Gasteiger partial charge is 0.314 e. The molecule has 6 nitrogen and oxygen atoms in total. The molecule has 1 fully saturated rings. The van der Waals surface area contributed by atoms with E-state index in [9.17, 15) is 9.59 Å². The molecule has 148 valence electrons. The molecular formula is C22H27N3O3. The van der Waals surface area contributed by atoms with E-state index in [1.54, 1.807) is 12.1 Å². The second-order valence-corrected chi connectivity index (χ2v) is 7.33. The molecule has 0 saturated carbocycles. The Morgan fingerprint density at radius 2 is 1.64 bits per heavy atom. The summed E-state index contributed by atoms with van der Waals surface area (Å²) >= 11 is 0. The Kier molecular flexibility index (Phi) is 6.19. The molecule has 3 rings (SSSR count). The number of carbonyl (C=O) groups excluding carboxylic acids is 2. The number of anilines is 3. The second-order valence-electron chi connectivity index (χ2n) is 7.33. The van der Waals surface area contributed by atoms with Crippen LogP contribution in [-0.4, -0.2) is 32.0 Å². The number of amides is 2. The van der Waals surface area contributed by atoms with Gasteiger partial charge in [-0.15, -0.1) is 0 Å². The van der Waals surface area contributed by atoms with Crippen molar-refractivity contribution in [1.29, 1.82) is 0 Å². The van der Waals surface area contributed by atoms with Crippen LogP contribution in [0.4, 0.5) is 17.1 Å². The maximum absolute atomic E-state index is 12.3. The van der Waals surface area contributed by atoms with Gasteiger partial charge in [0.25, 0.3) is 0 Å². The van der Waals surface area contributed by atoms with E-state index >= 15 is 0 Å². The highest BCUT2D eigenvalue weighted by Gasteiger charge is 2.18. The van der Waals surface area contributed by atoms with Crippen LogP contribution in [0, 0.1) is 12.8 Å². The van der Waals surface area contributed by atoms with Crippen molar-refractivity contribution in [3.05, 3.63) is 48.0 Å². The van der Waals surface area contributed by atoms with Crippen molar-refractivity contribution >= 4 is 28.9 Å². The van der Waals surface area contributed by atoms with E-state index in [1.807, 2.05) is 37.3 Å². The summed E-state index contributed by atoms with van der Waals surface area (Å²) in [7, 11) is 1.52. The minimum atomic E-state index is -0.738. The average molecular weight is 381 g/mol. The van der Waals surface area contributed by atoms with Gasteiger partial charge in [-0.25, -0.2) is 0 Å². The van der Waals surface area contributed by atoms with Crippen LogP contribution >= 0.6 is 0 Å². The zero-order valence-corrected chi connectivity index (χ0v) is 16.6. The predicted octanol–water partition coefficient (Wildman–Crippen LogP) is 3.82. The van der Waals surface area contributed by atoms with Crippen LogP contribution in [0.3, 0.4) is 0 Å². The van der Waals surface area contributed by atoms with E-state index in [0.717, 1.165) is 30.3 Å². The molecule has 1 heterocycles. The molecule has 0 aromatic heterocycles. The third-order valence-corrected chi connectivity index (χ3v) is 5.08. The quantitative estimate of drug-likeness (QED) is 0.790. The highest BCUT2D eigenvalue weighted by atomic mass is 16.5. The molecule has 0 unspecified atom stereocenters. The van der Waals surface area contributed by atoms with E-state index in [2.05, 4.69) is 22.5 Å². The molecule has 1 saturated heterocycles. The number of aryl methyl sites for hydroxylation is 1. The summed E-state index contributed by atoms with van der Waals surface area (Å²) in [4.78, 5) is 26.9. The number of benzene rings is 2. The Balaban J connectivity index is 1.60. The molecule has 0 atom stereocenters. The molecule has 0 bridgehead atoms. The van der Waals surface area contributed by atoms with Crippen LogP contribution in [0.5, 0.6) is 5.75 Å². The Bertz CT molecular complexity index is 841. The molecule has 0 spiro atoms. The van der Waals surface area contributed by atoms with Crippen LogP contribution in [-0.2, 0) is 9.59 Å². The summed E-state index contributed by atoms with van der Waals surface area (Å²) < 4.78 is 5.23. The third kappa shape index (κ3) is 4.82. The molecule has 1 aliphatic heterocycles. The molecule has 0 aliphatic carbocycles. The van der Waals surface area contributed by atoms with Crippen LogP contribution < -0.4 is 20.3 Å². The lowest BCUT2D eigenvalue weighted by molar-refractivity contribution is -0.133. The number of ether oxygens (including phenoxy) is 1. The topological polar surface area (TPSA) is 70.7 Å². The molecule has 2 amide bonds. The van der Waals surface area contributed by atoms with E-state index in [1.165, 1.54) is 20.0 Å². The third-order valence-electron chi connectivity index (χ3n) is 5.08. The summed E-state index contributed by atoms with van der Waals surface area (Å²) in [5.74, 6) is -0.173. The van der Waals surface area contributed by atoms with Crippen LogP contribution in [0.25, 0.3) is 0 Å². The van der Waals surface area contributed by atoms with Crippen molar-refractivity contribution in [3.8, 4) is 5.75 Å². The number of nitrogens with zero attached hydrogens (tertiary/aromatic N) is 1. The minimum absolute atomic E-state index is 0.470. The summed E-state index contributed by atoms with van der Waals surface area (Å²) in [5, 5.41) is 5.25. The van der Waals surface area contributed by atoms with Crippen molar-refractivity contribution in [3.63, 3.8) is 0 Å². The highest BCUT2D eigenvalue weighted by molar-refractivity contribution is 6.43. The zero-order valence-electron chi connectivity index (χ0n) is 16.6. The molecule has 28 heavy (non-hydrogen) atoms. The molecule has 2 N–H and O–H groups in total. The number of nitrogens with one attached hydrogen (secondary N) is 2. The molecule has 2 aromatic rings. The SMILES string of the molecule is COc1ccc(C)cc1NC(=O)C(=O)Nc1ccc(N2CCC(C)CC2)cc1. The van der Waals surface area contributed by atoms with Crippen LogP contribution in [0.15, 0.2) is 42.5 Å². The molecular weight excluding hydrogens is 354 g/mol. The lowest BCUT2D eigenvalue weighted by atomic mass is 9.99. The first-order chi connectivity index (χ1) is 13.5. The first kappa shape index (κ1) is 19.7. The van der Waals surface area contributed by atoms with Gasteiger partial charge in [0.15, 0.2) is 0 Å². The normalized spacial score (nSPS) is 14.5. The fourth-order valence-electron chi connectivity index (χ4n) is 3.31. The summed E-state index contributed by atoms with van der Waals surface area (Å²) in [6.07, 6.45) is 2.39.